The third kappa shape index (κ3) is 3.43. The van der Waals surface area contributed by atoms with Gasteiger partial charge in [0, 0.05) is 23.7 Å². The van der Waals surface area contributed by atoms with Crippen molar-refractivity contribution in [2.24, 2.45) is 10.8 Å². The van der Waals surface area contributed by atoms with Crippen LogP contribution in [0.2, 0.25) is 0 Å². The predicted octanol–water partition coefficient (Wildman–Crippen LogP) is 5.71. The summed E-state index contributed by atoms with van der Waals surface area (Å²) in [5.74, 6) is 0.892. The smallest absolute Gasteiger partial charge is 0.254 e. The lowest BCUT2D eigenvalue weighted by molar-refractivity contribution is 0.0708. The first-order valence-electron chi connectivity index (χ1n) is 10.3. The molecule has 0 radical (unpaired) electrons. The molecule has 1 amide bonds. The minimum atomic E-state index is 0.139. The summed E-state index contributed by atoms with van der Waals surface area (Å²) < 4.78 is 5.65. The molecule has 2 atom stereocenters. The van der Waals surface area contributed by atoms with Crippen molar-refractivity contribution in [3.63, 3.8) is 0 Å². The summed E-state index contributed by atoms with van der Waals surface area (Å²) in [6.45, 7) is 9.96. The quantitative estimate of drug-likeness (QED) is 0.685. The van der Waals surface area contributed by atoms with E-state index in [-0.39, 0.29) is 11.3 Å². The van der Waals surface area contributed by atoms with Crippen LogP contribution in [0.15, 0.2) is 42.5 Å². The molecule has 3 nitrogen and oxygen atoms in total. The first kappa shape index (κ1) is 19.0. The second-order valence-electron chi connectivity index (χ2n) is 9.93. The Hall–Kier alpha value is -2.29. The summed E-state index contributed by atoms with van der Waals surface area (Å²) >= 11 is 0. The van der Waals surface area contributed by atoms with Gasteiger partial charge in [-0.15, -0.1) is 0 Å². The number of likely N-dealkylation sites (tertiary alicyclic amines) is 1. The summed E-state index contributed by atoms with van der Waals surface area (Å²) in [5.41, 5.74) is 4.63. The molecule has 1 heterocycles. The maximum absolute atomic E-state index is 13.4. The van der Waals surface area contributed by atoms with E-state index >= 15 is 0 Å². The zero-order valence-corrected chi connectivity index (χ0v) is 17.7. The molecule has 1 saturated carbocycles. The number of nitrogens with zero attached hydrogens (tertiary/aromatic N) is 1. The average molecular weight is 378 g/mol. The van der Waals surface area contributed by atoms with Crippen LogP contribution in [0, 0.1) is 17.8 Å². The minimum Gasteiger partial charge on any atom is -0.496 e. The molecule has 0 aromatic heterocycles. The van der Waals surface area contributed by atoms with E-state index in [2.05, 4.69) is 56.9 Å². The summed E-state index contributed by atoms with van der Waals surface area (Å²) in [6.07, 6.45) is 3.41. The molecule has 4 rings (SSSR count). The number of hydrogen-bond donors (Lipinski definition) is 0. The third-order valence-electron chi connectivity index (χ3n) is 6.49. The van der Waals surface area contributed by atoms with Crippen molar-refractivity contribution in [3.05, 3.63) is 53.6 Å². The highest BCUT2D eigenvalue weighted by Gasteiger charge is 2.51. The molecule has 1 aliphatic carbocycles. The van der Waals surface area contributed by atoms with Gasteiger partial charge in [0.15, 0.2) is 0 Å². The lowest BCUT2D eigenvalue weighted by atomic mass is 9.65. The van der Waals surface area contributed by atoms with E-state index in [0.29, 0.717) is 11.5 Å². The minimum absolute atomic E-state index is 0.139. The van der Waals surface area contributed by atoms with Crippen LogP contribution in [-0.2, 0) is 0 Å². The molecule has 2 fully saturated rings. The van der Waals surface area contributed by atoms with Gasteiger partial charge in [-0.05, 0) is 60.8 Å². The van der Waals surface area contributed by atoms with Crippen molar-refractivity contribution >= 4 is 5.91 Å². The van der Waals surface area contributed by atoms with Crippen LogP contribution in [0.4, 0.5) is 0 Å². The van der Waals surface area contributed by atoms with Gasteiger partial charge in [-0.3, -0.25) is 4.79 Å². The van der Waals surface area contributed by atoms with Gasteiger partial charge >= 0.3 is 0 Å². The number of rotatable bonds is 3. The molecule has 0 N–H and O–H groups in total. The van der Waals surface area contributed by atoms with Crippen LogP contribution in [-0.4, -0.2) is 30.5 Å². The Morgan fingerprint density at radius 3 is 2.46 bits per heavy atom. The molecular weight excluding hydrogens is 346 g/mol. The van der Waals surface area contributed by atoms with Gasteiger partial charge in [-0.1, -0.05) is 50.6 Å². The molecule has 1 saturated heterocycles. The first-order chi connectivity index (χ1) is 13.2. The van der Waals surface area contributed by atoms with Crippen LogP contribution in [0.3, 0.4) is 0 Å². The Morgan fingerprint density at radius 1 is 1.07 bits per heavy atom. The van der Waals surface area contributed by atoms with E-state index in [0.717, 1.165) is 41.8 Å². The van der Waals surface area contributed by atoms with Gasteiger partial charge < -0.3 is 9.64 Å². The Bertz CT molecular complexity index is 899. The third-order valence-corrected chi connectivity index (χ3v) is 6.49. The zero-order chi connectivity index (χ0) is 20.1. The van der Waals surface area contributed by atoms with E-state index in [4.69, 9.17) is 4.74 Å². The molecule has 0 spiro atoms. The fraction of sp³-hybridized carbons (Fsp3) is 0.480. The fourth-order valence-electron chi connectivity index (χ4n) is 5.66. The van der Waals surface area contributed by atoms with Crippen molar-refractivity contribution in [1.29, 1.82) is 0 Å². The van der Waals surface area contributed by atoms with E-state index in [1.165, 1.54) is 12.0 Å². The predicted molar refractivity (Wildman–Crippen MR) is 114 cm³/mol. The van der Waals surface area contributed by atoms with E-state index in [1.54, 1.807) is 7.11 Å². The number of carbonyl (C=O) groups excluding carboxylic acids is 1. The van der Waals surface area contributed by atoms with E-state index < -0.39 is 0 Å². The maximum atomic E-state index is 13.4. The summed E-state index contributed by atoms with van der Waals surface area (Å²) in [4.78, 5) is 15.5. The standard InChI is InChI=1S/C25H31NO2/c1-17-6-8-18(9-7-17)21-11-10-19(12-22(21)28-5)23(27)26-16-25(4)14-20(26)13-24(2,3)15-25/h6-12,20H,13-16H2,1-5H3/t20-,25-/m1/s1. The summed E-state index contributed by atoms with van der Waals surface area (Å²) in [6, 6.07) is 14.6. The maximum Gasteiger partial charge on any atom is 0.254 e. The van der Waals surface area contributed by atoms with Crippen LogP contribution >= 0.6 is 0 Å². The number of aryl methyl sites for hydroxylation is 1. The largest absolute Gasteiger partial charge is 0.496 e. The molecular formula is C25H31NO2. The Morgan fingerprint density at radius 2 is 1.79 bits per heavy atom. The number of fused-ring (bicyclic) bond motifs is 2. The number of carbonyl (C=O) groups is 1. The van der Waals surface area contributed by atoms with Crippen molar-refractivity contribution in [1.82, 2.24) is 4.90 Å². The fourth-order valence-corrected chi connectivity index (χ4v) is 5.66. The number of methoxy groups -OCH3 is 1. The van der Waals surface area contributed by atoms with Gasteiger partial charge in [0.05, 0.1) is 7.11 Å². The lowest BCUT2D eigenvalue weighted by Crippen LogP contribution is -2.37. The molecule has 148 valence electrons. The van der Waals surface area contributed by atoms with Gasteiger partial charge in [-0.2, -0.15) is 0 Å². The zero-order valence-electron chi connectivity index (χ0n) is 17.7. The number of amides is 1. The molecule has 0 unspecified atom stereocenters. The molecule has 1 aliphatic heterocycles. The lowest BCUT2D eigenvalue weighted by Gasteiger charge is -2.39. The normalized spacial score (nSPS) is 25.6. The van der Waals surface area contributed by atoms with Gasteiger partial charge in [0.1, 0.15) is 5.75 Å². The number of benzene rings is 2. The van der Waals surface area contributed by atoms with Crippen molar-refractivity contribution < 1.29 is 9.53 Å². The highest BCUT2D eigenvalue weighted by atomic mass is 16.5. The van der Waals surface area contributed by atoms with Gasteiger partial charge in [0.2, 0.25) is 0 Å². The Balaban J connectivity index is 1.63. The van der Waals surface area contributed by atoms with Crippen LogP contribution in [0.5, 0.6) is 5.75 Å². The van der Waals surface area contributed by atoms with Crippen molar-refractivity contribution in [2.75, 3.05) is 13.7 Å². The SMILES string of the molecule is COc1cc(C(=O)N2C[C@]3(C)C[C@H]2CC(C)(C)C3)ccc1-c1ccc(C)cc1. The number of hydrogen-bond acceptors (Lipinski definition) is 2. The highest BCUT2D eigenvalue weighted by Crippen LogP contribution is 2.52. The molecule has 3 heteroatoms. The Labute approximate surface area is 168 Å². The van der Waals surface area contributed by atoms with E-state index in [9.17, 15) is 4.79 Å². The average Bonchev–Trinajstić information content (AvgIpc) is 2.90. The monoisotopic (exact) mass is 377 g/mol. The van der Waals surface area contributed by atoms with Crippen molar-refractivity contribution in [3.8, 4) is 16.9 Å². The number of ether oxygens (including phenoxy) is 1. The Kier molecular flexibility index (Phi) is 4.52. The van der Waals surface area contributed by atoms with E-state index in [1.807, 2.05) is 18.2 Å². The van der Waals surface area contributed by atoms with Gasteiger partial charge in [-0.25, -0.2) is 0 Å². The molecule has 2 aromatic carbocycles. The van der Waals surface area contributed by atoms with Crippen molar-refractivity contribution in [2.45, 2.75) is 53.0 Å². The van der Waals surface area contributed by atoms with Crippen LogP contribution in [0.1, 0.15) is 56.0 Å². The molecule has 2 bridgehead atoms. The second kappa shape index (κ2) is 6.65. The molecule has 2 aliphatic rings. The first-order valence-corrected chi connectivity index (χ1v) is 10.3. The molecule has 28 heavy (non-hydrogen) atoms. The van der Waals surface area contributed by atoms with Crippen LogP contribution < -0.4 is 4.74 Å². The topological polar surface area (TPSA) is 29.5 Å². The highest BCUT2D eigenvalue weighted by molar-refractivity contribution is 5.96. The van der Waals surface area contributed by atoms with Crippen LogP contribution in [0.25, 0.3) is 11.1 Å². The summed E-state index contributed by atoms with van der Waals surface area (Å²) in [5, 5.41) is 0. The van der Waals surface area contributed by atoms with Gasteiger partial charge in [0.25, 0.3) is 5.91 Å². The second-order valence-corrected chi connectivity index (χ2v) is 9.93. The summed E-state index contributed by atoms with van der Waals surface area (Å²) in [7, 11) is 1.67. The molecule has 2 aromatic rings.